The van der Waals surface area contributed by atoms with Crippen LogP contribution < -0.4 is 5.32 Å². The molecule has 0 radical (unpaired) electrons. The van der Waals surface area contributed by atoms with Crippen LogP contribution in [0.4, 0.5) is 0 Å². The van der Waals surface area contributed by atoms with Crippen molar-refractivity contribution in [1.29, 1.82) is 0 Å². The molecule has 2 N–H and O–H groups in total. The number of carbonyl (C=O) groups excluding carboxylic acids is 1. The molecule has 0 aliphatic heterocycles. The van der Waals surface area contributed by atoms with E-state index in [1.54, 1.807) is 6.08 Å². The first-order chi connectivity index (χ1) is 11.1. The molecule has 0 aliphatic rings. The summed E-state index contributed by atoms with van der Waals surface area (Å²) in [6.45, 7) is 1.98. The van der Waals surface area contributed by atoms with E-state index < -0.39 is 12.0 Å². The number of allylic oxidation sites excluding steroid dienone is 1. The van der Waals surface area contributed by atoms with Crippen molar-refractivity contribution in [3.63, 3.8) is 0 Å². The smallest absolute Gasteiger partial charge is 0.326 e. The van der Waals surface area contributed by atoms with Gasteiger partial charge in [-0.3, -0.25) is 4.79 Å². The van der Waals surface area contributed by atoms with Crippen molar-refractivity contribution < 1.29 is 14.7 Å². The first kappa shape index (κ1) is 16.7. The molecule has 0 spiro atoms. The van der Waals surface area contributed by atoms with Crippen molar-refractivity contribution in [3.8, 4) is 0 Å². The van der Waals surface area contributed by atoms with Gasteiger partial charge in [0.15, 0.2) is 0 Å². The molecule has 0 fully saturated rings. The van der Waals surface area contributed by atoms with Crippen molar-refractivity contribution in [1.82, 2.24) is 5.32 Å². The Bertz CT molecular complexity index is 716. The minimum Gasteiger partial charge on any atom is -0.480 e. The lowest BCUT2D eigenvalue weighted by Crippen LogP contribution is -2.42. The van der Waals surface area contributed by atoms with Crippen LogP contribution in [0.1, 0.15) is 25.3 Å². The van der Waals surface area contributed by atoms with Crippen LogP contribution in [-0.4, -0.2) is 23.0 Å². The monoisotopic (exact) mass is 311 g/mol. The van der Waals surface area contributed by atoms with E-state index in [1.165, 1.54) is 0 Å². The number of nitrogens with one attached hydrogen (secondary N) is 1. The van der Waals surface area contributed by atoms with Gasteiger partial charge in [0.25, 0.3) is 0 Å². The van der Waals surface area contributed by atoms with E-state index in [-0.39, 0.29) is 18.7 Å². The van der Waals surface area contributed by atoms with E-state index in [4.69, 9.17) is 0 Å². The molecule has 0 saturated carbocycles. The largest absolute Gasteiger partial charge is 0.480 e. The number of aliphatic carboxylic acids is 1. The molecule has 1 unspecified atom stereocenters. The molecule has 2 aromatic carbocycles. The number of rotatable bonds is 7. The number of amides is 1. The molecule has 0 aliphatic carbocycles. The van der Waals surface area contributed by atoms with E-state index in [0.29, 0.717) is 0 Å². The average molecular weight is 311 g/mol. The molecule has 0 heterocycles. The highest BCUT2D eigenvalue weighted by Crippen LogP contribution is 2.19. The summed E-state index contributed by atoms with van der Waals surface area (Å²) in [6, 6.07) is 12.7. The van der Waals surface area contributed by atoms with Gasteiger partial charge in [-0.25, -0.2) is 4.79 Å². The third-order valence-electron chi connectivity index (χ3n) is 3.64. The van der Waals surface area contributed by atoms with Gasteiger partial charge in [-0.05, 0) is 22.8 Å². The van der Waals surface area contributed by atoms with Crippen molar-refractivity contribution >= 4 is 22.6 Å². The molecular formula is C19H21NO3. The van der Waals surface area contributed by atoms with Crippen LogP contribution in [0.25, 0.3) is 10.8 Å². The zero-order valence-electron chi connectivity index (χ0n) is 13.2. The molecular weight excluding hydrogens is 290 g/mol. The van der Waals surface area contributed by atoms with Crippen molar-refractivity contribution in [2.75, 3.05) is 0 Å². The van der Waals surface area contributed by atoms with Gasteiger partial charge >= 0.3 is 5.97 Å². The Kier molecular flexibility index (Phi) is 5.92. The van der Waals surface area contributed by atoms with Gasteiger partial charge in [-0.1, -0.05) is 61.5 Å². The number of carbonyl (C=O) groups is 2. The number of hydrogen-bond acceptors (Lipinski definition) is 2. The van der Waals surface area contributed by atoms with E-state index >= 15 is 0 Å². The summed E-state index contributed by atoms with van der Waals surface area (Å²) >= 11 is 0. The molecule has 1 atom stereocenters. The zero-order valence-corrected chi connectivity index (χ0v) is 13.2. The van der Waals surface area contributed by atoms with E-state index in [1.807, 2.05) is 55.5 Å². The van der Waals surface area contributed by atoms with Crippen molar-refractivity contribution in [3.05, 3.63) is 60.2 Å². The topological polar surface area (TPSA) is 66.4 Å². The van der Waals surface area contributed by atoms with Gasteiger partial charge in [-0.15, -0.1) is 0 Å². The highest BCUT2D eigenvalue weighted by atomic mass is 16.4. The average Bonchev–Trinajstić information content (AvgIpc) is 2.54. The second-order valence-corrected chi connectivity index (χ2v) is 5.38. The number of fused-ring (bicyclic) bond motifs is 1. The summed E-state index contributed by atoms with van der Waals surface area (Å²) in [5.41, 5.74) is 0.917. The molecule has 23 heavy (non-hydrogen) atoms. The Morgan fingerprint density at radius 2 is 1.87 bits per heavy atom. The first-order valence-corrected chi connectivity index (χ1v) is 7.75. The quantitative estimate of drug-likeness (QED) is 0.771. The minimum absolute atomic E-state index is 0.202. The molecule has 0 aromatic heterocycles. The fraction of sp³-hybridized carbons (Fsp3) is 0.263. The standard InChI is InChI=1S/C19H21NO3/c1-2-3-4-12-18(21)20-17(19(22)23)13-15-10-7-9-14-8-5-6-11-16(14)15/h3-11,17H,2,12-13H2,1H3,(H,20,21)(H,22,23). The molecule has 2 aromatic rings. The lowest BCUT2D eigenvalue weighted by molar-refractivity contribution is -0.141. The second-order valence-electron chi connectivity index (χ2n) is 5.38. The maximum Gasteiger partial charge on any atom is 0.326 e. The SMILES string of the molecule is CCC=CCC(=O)NC(Cc1cccc2ccccc12)C(=O)O. The third-order valence-corrected chi connectivity index (χ3v) is 3.64. The van der Waals surface area contributed by atoms with Gasteiger partial charge in [-0.2, -0.15) is 0 Å². The molecule has 4 nitrogen and oxygen atoms in total. The van der Waals surface area contributed by atoms with Gasteiger partial charge in [0.05, 0.1) is 0 Å². The van der Waals surface area contributed by atoms with E-state index in [9.17, 15) is 14.7 Å². The van der Waals surface area contributed by atoms with Crippen LogP contribution in [0.5, 0.6) is 0 Å². The van der Waals surface area contributed by atoms with Gasteiger partial charge < -0.3 is 10.4 Å². The lowest BCUT2D eigenvalue weighted by atomic mass is 9.98. The molecule has 2 rings (SSSR count). The minimum atomic E-state index is -1.02. The molecule has 0 saturated heterocycles. The predicted molar refractivity (Wildman–Crippen MR) is 91.3 cm³/mol. The van der Waals surface area contributed by atoms with Crippen LogP contribution in [-0.2, 0) is 16.0 Å². The molecule has 4 heteroatoms. The summed E-state index contributed by atoms with van der Waals surface area (Å²) < 4.78 is 0. The third kappa shape index (κ3) is 4.68. The summed E-state index contributed by atoms with van der Waals surface area (Å²) in [5.74, 6) is -1.30. The number of hydrogen-bond donors (Lipinski definition) is 2. The zero-order chi connectivity index (χ0) is 16.7. The molecule has 1 amide bonds. The van der Waals surface area contributed by atoms with Crippen LogP contribution >= 0.6 is 0 Å². The predicted octanol–water partition coefficient (Wildman–Crippen LogP) is 3.31. The molecule has 0 bridgehead atoms. The fourth-order valence-corrected chi connectivity index (χ4v) is 2.50. The Balaban J connectivity index is 2.14. The number of benzene rings is 2. The van der Waals surface area contributed by atoms with E-state index in [2.05, 4.69) is 5.32 Å². The Morgan fingerprint density at radius 3 is 2.61 bits per heavy atom. The van der Waals surface area contributed by atoms with Crippen molar-refractivity contribution in [2.24, 2.45) is 0 Å². The Morgan fingerprint density at radius 1 is 1.13 bits per heavy atom. The number of carboxylic acids is 1. The Hall–Kier alpha value is -2.62. The molecule has 120 valence electrons. The van der Waals surface area contributed by atoms with Crippen LogP contribution in [0.15, 0.2) is 54.6 Å². The van der Waals surface area contributed by atoms with Crippen LogP contribution in [0.3, 0.4) is 0 Å². The van der Waals surface area contributed by atoms with Gasteiger partial charge in [0.1, 0.15) is 6.04 Å². The van der Waals surface area contributed by atoms with Crippen LogP contribution in [0, 0.1) is 0 Å². The van der Waals surface area contributed by atoms with Gasteiger partial charge in [0, 0.05) is 12.8 Å². The highest BCUT2D eigenvalue weighted by Gasteiger charge is 2.20. The summed E-state index contributed by atoms with van der Waals surface area (Å²) in [5, 5.41) is 14.1. The van der Waals surface area contributed by atoms with Crippen molar-refractivity contribution in [2.45, 2.75) is 32.2 Å². The number of carboxylic acid groups (broad SMARTS) is 1. The maximum atomic E-state index is 11.9. The summed E-state index contributed by atoms with van der Waals surface area (Å²) in [6.07, 6.45) is 4.96. The fourth-order valence-electron chi connectivity index (χ4n) is 2.50. The summed E-state index contributed by atoms with van der Waals surface area (Å²) in [7, 11) is 0. The highest BCUT2D eigenvalue weighted by molar-refractivity contribution is 5.88. The Labute approximate surface area is 135 Å². The lowest BCUT2D eigenvalue weighted by Gasteiger charge is -2.15. The first-order valence-electron chi connectivity index (χ1n) is 7.75. The second kappa shape index (κ2) is 8.13. The van der Waals surface area contributed by atoms with Gasteiger partial charge in [0.2, 0.25) is 5.91 Å². The van der Waals surface area contributed by atoms with E-state index in [0.717, 1.165) is 22.8 Å². The summed E-state index contributed by atoms with van der Waals surface area (Å²) in [4.78, 5) is 23.3. The maximum absolute atomic E-state index is 11.9. The normalized spacial score (nSPS) is 12.4. The van der Waals surface area contributed by atoms with Crippen LogP contribution in [0.2, 0.25) is 0 Å².